The van der Waals surface area contributed by atoms with Crippen molar-refractivity contribution in [2.24, 2.45) is 5.84 Å². The maximum absolute atomic E-state index is 11.0. The number of hydrogen-bond acceptors (Lipinski definition) is 6. The van der Waals surface area contributed by atoms with E-state index in [-0.39, 0.29) is 29.3 Å². The molecule has 1 aromatic rings. The molecule has 3 N–H and O–H groups in total. The molecule has 0 aromatic heterocycles. The molecule has 1 aromatic carbocycles. The number of para-hydroxylation sites is 1. The summed E-state index contributed by atoms with van der Waals surface area (Å²) in [4.78, 5) is 10.5. The van der Waals surface area contributed by atoms with Crippen molar-refractivity contribution in [1.82, 2.24) is 0 Å². The Bertz CT molecular complexity index is 443. The number of nitrogens with zero attached hydrogens (tertiary/aromatic N) is 1. The van der Waals surface area contributed by atoms with Crippen LogP contribution in [0.4, 0.5) is 11.4 Å². The van der Waals surface area contributed by atoms with Gasteiger partial charge in [0.05, 0.1) is 17.1 Å². The maximum atomic E-state index is 11.0. The van der Waals surface area contributed by atoms with Crippen LogP contribution in [0.25, 0.3) is 0 Å². The largest absolute Gasteiger partial charge is 0.484 e. The predicted molar refractivity (Wildman–Crippen MR) is 72.1 cm³/mol. The van der Waals surface area contributed by atoms with E-state index in [1.807, 2.05) is 20.8 Å². The second-order valence-electron chi connectivity index (χ2n) is 4.86. The van der Waals surface area contributed by atoms with Crippen molar-refractivity contribution in [2.45, 2.75) is 26.4 Å². The van der Waals surface area contributed by atoms with E-state index in [1.54, 1.807) is 6.07 Å². The van der Waals surface area contributed by atoms with Crippen LogP contribution in [0.3, 0.4) is 0 Å². The highest BCUT2D eigenvalue weighted by Crippen LogP contribution is 2.34. The van der Waals surface area contributed by atoms with Gasteiger partial charge in [0.1, 0.15) is 12.3 Å². The van der Waals surface area contributed by atoms with E-state index in [2.05, 4.69) is 5.43 Å². The minimum atomic E-state index is -0.533. The van der Waals surface area contributed by atoms with Crippen molar-refractivity contribution in [3.8, 4) is 5.75 Å². The smallest absolute Gasteiger partial charge is 0.335 e. The summed E-state index contributed by atoms with van der Waals surface area (Å²) in [5.41, 5.74) is 2.04. The van der Waals surface area contributed by atoms with Gasteiger partial charge in [0, 0.05) is 0 Å². The molecule has 0 aliphatic carbocycles. The molecule has 0 heterocycles. The molecule has 0 amide bonds. The number of ether oxygens (including phenoxy) is 2. The molecule has 19 heavy (non-hydrogen) atoms. The summed E-state index contributed by atoms with van der Waals surface area (Å²) in [6, 6.07) is 4.66. The van der Waals surface area contributed by atoms with Crippen LogP contribution in [0, 0.1) is 10.1 Å². The molecule has 0 atom stereocenters. The Morgan fingerprint density at radius 2 is 2.05 bits per heavy atom. The number of hydrogen-bond donors (Lipinski definition) is 2. The predicted octanol–water partition coefficient (Wildman–Crippen LogP) is 2.07. The highest BCUT2D eigenvalue weighted by Gasteiger charge is 2.20. The molecule has 0 saturated heterocycles. The van der Waals surface area contributed by atoms with Gasteiger partial charge < -0.3 is 14.9 Å². The number of rotatable bonds is 6. The van der Waals surface area contributed by atoms with Crippen LogP contribution in [-0.4, -0.2) is 23.7 Å². The van der Waals surface area contributed by atoms with Crippen molar-refractivity contribution < 1.29 is 14.4 Å². The highest BCUT2D eigenvalue weighted by atomic mass is 16.6. The summed E-state index contributed by atoms with van der Waals surface area (Å²) in [7, 11) is 0. The van der Waals surface area contributed by atoms with Gasteiger partial charge in [-0.1, -0.05) is 6.07 Å². The molecular weight excluding hydrogens is 250 g/mol. The third-order valence-electron chi connectivity index (χ3n) is 2.21. The summed E-state index contributed by atoms with van der Waals surface area (Å²) in [5, 5.41) is 11.0. The lowest BCUT2D eigenvalue weighted by Gasteiger charge is -2.19. The zero-order valence-corrected chi connectivity index (χ0v) is 11.3. The molecule has 0 fully saturated rings. The number of nitro benzene ring substituents is 1. The van der Waals surface area contributed by atoms with E-state index < -0.39 is 4.92 Å². The van der Waals surface area contributed by atoms with Crippen LogP contribution in [0.1, 0.15) is 20.8 Å². The number of hydrazine groups is 1. The standard InChI is InChI=1S/C12H19N3O4/c1-12(2,3)19-8-7-18-10-6-4-5-9(14-13)11(10)15(16)17/h4-6,14H,7-8,13H2,1-3H3. The lowest BCUT2D eigenvalue weighted by atomic mass is 10.2. The number of anilines is 1. The fourth-order valence-electron chi connectivity index (χ4n) is 1.44. The lowest BCUT2D eigenvalue weighted by molar-refractivity contribution is -0.385. The minimum Gasteiger partial charge on any atom is -0.484 e. The Kier molecular flexibility index (Phi) is 5.08. The highest BCUT2D eigenvalue weighted by molar-refractivity contribution is 5.67. The third-order valence-corrected chi connectivity index (χ3v) is 2.21. The molecule has 1 rings (SSSR count). The van der Waals surface area contributed by atoms with Gasteiger partial charge >= 0.3 is 5.69 Å². The van der Waals surface area contributed by atoms with E-state index in [4.69, 9.17) is 15.3 Å². The normalized spacial score (nSPS) is 11.2. The summed E-state index contributed by atoms with van der Waals surface area (Å²) in [6.07, 6.45) is 0. The summed E-state index contributed by atoms with van der Waals surface area (Å²) < 4.78 is 10.8. The van der Waals surface area contributed by atoms with Crippen molar-refractivity contribution in [3.05, 3.63) is 28.3 Å². The second kappa shape index (κ2) is 6.35. The summed E-state index contributed by atoms with van der Waals surface area (Å²) >= 11 is 0. The molecular formula is C12H19N3O4. The quantitative estimate of drug-likeness (QED) is 0.355. The van der Waals surface area contributed by atoms with Gasteiger partial charge in [-0.25, -0.2) is 0 Å². The van der Waals surface area contributed by atoms with Gasteiger partial charge in [-0.15, -0.1) is 0 Å². The zero-order valence-electron chi connectivity index (χ0n) is 11.3. The SMILES string of the molecule is CC(C)(C)OCCOc1cccc(NN)c1[N+](=O)[O-]. The van der Waals surface area contributed by atoms with Crippen LogP contribution in [0.2, 0.25) is 0 Å². The van der Waals surface area contributed by atoms with Gasteiger partial charge in [-0.2, -0.15) is 0 Å². The molecule has 0 radical (unpaired) electrons. The molecule has 0 unspecified atom stereocenters. The number of benzene rings is 1. The van der Waals surface area contributed by atoms with Crippen molar-refractivity contribution in [3.63, 3.8) is 0 Å². The number of nitrogen functional groups attached to an aromatic ring is 1. The van der Waals surface area contributed by atoms with E-state index in [0.29, 0.717) is 6.61 Å². The van der Waals surface area contributed by atoms with E-state index >= 15 is 0 Å². The molecule has 0 saturated carbocycles. The van der Waals surface area contributed by atoms with Gasteiger partial charge in [0.15, 0.2) is 5.75 Å². The van der Waals surface area contributed by atoms with Crippen LogP contribution in [0.5, 0.6) is 5.75 Å². The fourth-order valence-corrected chi connectivity index (χ4v) is 1.44. The molecule has 0 aliphatic rings. The van der Waals surface area contributed by atoms with E-state index in [0.717, 1.165) is 0 Å². The Labute approximate surface area is 111 Å². The van der Waals surface area contributed by atoms with E-state index in [1.165, 1.54) is 12.1 Å². The van der Waals surface area contributed by atoms with Gasteiger partial charge in [-0.05, 0) is 32.9 Å². The summed E-state index contributed by atoms with van der Waals surface area (Å²) in [5.74, 6) is 5.40. The second-order valence-corrected chi connectivity index (χ2v) is 4.86. The Morgan fingerprint density at radius 1 is 1.37 bits per heavy atom. The first kappa shape index (κ1) is 15.2. The fraction of sp³-hybridized carbons (Fsp3) is 0.500. The third kappa shape index (κ3) is 4.72. The molecule has 106 valence electrons. The monoisotopic (exact) mass is 269 g/mol. The van der Waals surface area contributed by atoms with Crippen LogP contribution in [-0.2, 0) is 4.74 Å². The minimum absolute atomic E-state index is 0.165. The Morgan fingerprint density at radius 3 is 2.58 bits per heavy atom. The average molecular weight is 269 g/mol. The van der Waals surface area contributed by atoms with Crippen LogP contribution < -0.4 is 16.0 Å². The van der Waals surface area contributed by atoms with Crippen molar-refractivity contribution in [1.29, 1.82) is 0 Å². The molecule has 7 heteroatoms. The van der Waals surface area contributed by atoms with Gasteiger partial charge in [0.25, 0.3) is 0 Å². The number of nitrogens with two attached hydrogens (primary N) is 1. The first-order chi connectivity index (χ1) is 8.85. The molecule has 0 bridgehead atoms. The lowest BCUT2D eigenvalue weighted by Crippen LogP contribution is -2.22. The average Bonchev–Trinajstić information content (AvgIpc) is 2.32. The number of nitro groups is 1. The van der Waals surface area contributed by atoms with Gasteiger partial charge in [-0.3, -0.25) is 16.0 Å². The topological polar surface area (TPSA) is 99.7 Å². The first-order valence-corrected chi connectivity index (χ1v) is 5.86. The van der Waals surface area contributed by atoms with E-state index in [9.17, 15) is 10.1 Å². The van der Waals surface area contributed by atoms with Gasteiger partial charge in [0.2, 0.25) is 0 Å². The molecule has 0 spiro atoms. The molecule has 7 nitrogen and oxygen atoms in total. The van der Waals surface area contributed by atoms with Crippen molar-refractivity contribution in [2.75, 3.05) is 18.6 Å². The maximum Gasteiger partial charge on any atom is 0.335 e. The Hall–Kier alpha value is -1.86. The first-order valence-electron chi connectivity index (χ1n) is 5.86. The van der Waals surface area contributed by atoms with Crippen LogP contribution in [0.15, 0.2) is 18.2 Å². The zero-order chi connectivity index (χ0) is 14.5. The van der Waals surface area contributed by atoms with Crippen molar-refractivity contribution >= 4 is 11.4 Å². The number of nitrogens with one attached hydrogen (secondary N) is 1. The summed E-state index contributed by atoms with van der Waals surface area (Å²) in [6.45, 7) is 6.35. The molecule has 0 aliphatic heterocycles. The van der Waals surface area contributed by atoms with Crippen LogP contribution >= 0.6 is 0 Å². The Balaban J connectivity index is 2.70.